The highest BCUT2D eigenvalue weighted by atomic mass is 79.9. The first kappa shape index (κ1) is 16.1. The Morgan fingerprint density at radius 1 is 1.10 bits per heavy atom. The van der Waals surface area contributed by atoms with Gasteiger partial charge in [-0.25, -0.2) is 4.39 Å². The molecule has 2 aromatic rings. The van der Waals surface area contributed by atoms with Crippen molar-refractivity contribution in [1.29, 1.82) is 0 Å². The molecule has 1 unspecified atom stereocenters. The second kappa shape index (κ2) is 6.67. The maximum atomic E-state index is 14.3. The number of halogens is 3. The van der Waals surface area contributed by atoms with Crippen LogP contribution in [-0.2, 0) is 0 Å². The van der Waals surface area contributed by atoms with Crippen molar-refractivity contribution in [2.24, 2.45) is 0 Å². The van der Waals surface area contributed by atoms with Crippen LogP contribution in [0.2, 0.25) is 5.02 Å². The molecule has 112 valence electrons. The summed E-state index contributed by atoms with van der Waals surface area (Å²) >= 11 is 9.80. The van der Waals surface area contributed by atoms with Gasteiger partial charge in [0.2, 0.25) is 0 Å². The van der Waals surface area contributed by atoms with Crippen LogP contribution in [-0.4, -0.2) is 14.2 Å². The molecule has 0 aliphatic heterocycles. The molecule has 2 nitrogen and oxygen atoms in total. The van der Waals surface area contributed by atoms with E-state index in [-0.39, 0.29) is 10.6 Å². The minimum Gasteiger partial charge on any atom is -0.493 e. The predicted octanol–water partition coefficient (Wildman–Crippen LogP) is 5.29. The average Bonchev–Trinajstić information content (AvgIpc) is 2.49. The molecule has 0 aliphatic carbocycles. The van der Waals surface area contributed by atoms with Crippen molar-refractivity contribution in [3.05, 3.63) is 57.9 Å². The zero-order valence-corrected chi connectivity index (χ0v) is 14.3. The molecule has 1 atom stereocenters. The molecule has 21 heavy (non-hydrogen) atoms. The highest BCUT2D eigenvalue weighted by Gasteiger charge is 2.21. The van der Waals surface area contributed by atoms with Gasteiger partial charge in [0, 0.05) is 16.7 Å². The topological polar surface area (TPSA) is 18.5 Å². The van der Waals surface area contributed by atoms with E-state index in [9.17, 15) is 4.39 Å². The third kappa shape index (κ3) is 3.16. The third-order valence-electron chi connectivity index (χ3n) is 3.27. The maximum absolute atomic E-state index is 14.3. The molecule has 0 spiro atoms. The highest BCUT2D eigenvalue weighted by molar-refractivity contribution is 9.09. The van der Waals surface area contributed by atoms with Crippen LogP contribution in [0, 0.1) is 12.7 Å². The van der Waals surface area contributed by atoms with Gasteiger partial charge in [-0.2, -0.15) is 0 Å². The van der Waals surface area contributed by atoms with E-state index in [2.05, 4.69) is 15.9 Å². The lowest BCUT2D eigenvalue weighted by molar-refractivity contribution is 0.354. The first-order chi connectivity index (χ1) is 9.99. The average molecular weight is 374 g/mol. The first-order valence-electron chi connectivity index (χ1n) is 6.30. The van der Waals surface area contributed by atoms with E-state index in [4.69, 9.17) is 21.1 Å². The van der Waals surface area contributed by atoms with E-state index in [1.807, 2.05) is 6.07 Å². The fraction of sp³-hybridized carbons (Fsp3) is 0.250. The molecule has 0 N–H and O–H groups in total. The summed E-state index contributed by atoms with van der Waals surface area (Å²) in [6.45, 7) is 1.73. The van der Waals surface area contributed by atoms with E-state index in [1.54, 1.807) is 45.4 Å². The van der Waals surface area contributed by atoms with E-state index in [0.29, 0.717) is 27.6 Å². The van der Waals surface area contributed by atoms with Crippen LogP contribution in [0.25, 0.3) is 0 Å². The van der Waals surface area contributed by atoms with Gasteiger partial charge in [0.25, 0.3) is 0 Å². The molecule has 2 rings (SSSR count). The number of rotatable bonds is 4. The minimum atomic E-state index is -0.371. The Bertz CT molecular complexity index is 661. The van der Waals surface area contributed by atoms with Gasteiger partial charge >= 0.3 is 0 Å². The summed E-state index contributed by atoms with van der Waals surface area (Å²) in [4.78, 5) is -0.371. The Kier molecular flexibility index (Phi) is 5.12. The molecule has 0 amide bonds. The number of alkyl halides is 1. The monoisotopic (exact) mass is 372 g/mol. The summed E-state index contributed by atoms with van der Waals surface area (Å²) in [6, 6.07) is 8.69. The second-order valence-electron chi connectivity index (χ2n) is 4.57. The van der Waals surface area contributed by atoms with Crippen LogP contribution in [0.15, 0.2) is 30.3 Å². The summed E-state index contributed by atoms with van der Waals surface area (Å²) in [5, 5.41) is 0.482. The van der Waals surface area contributed by atoms with Crippen LogP contribution >= 0.6 is 27.5 Å². The number of hydrogen-bond donors (Lipinski definition) is 0. The van der Waals surface area contributed by atoms with Gasteiger partial charge in [-0.3, -0.25) is 0 Å². The summed E-state index contributed by atoms with van der Waals surface area (Å²) in [5.74, 6) is 0.843. The zero-order valence-electron chi connectivity index (χ0n) is 11.9. The van der Waals surface area contributed by atoms with Crippen molar-refractivity contribution in [2.45, 2.75) is 11.8 Å². The number of methoxy groups -OCH3 is 2. The van der Waals surface area contributed by atoms with Crippen molar-refractivity contribution in [1.82, 2.24) is 0 Å². The zero-order chi connectivity index (χ0) is 15.6. The van der Waals surface area contributed by atoms with Crippen LogP contribution in [0.4, 0.5) is 4.39 Å². The molecule has 0 aromatic heterocycles. The summed E-state index contributed by atoms with van der Waals surface area (Å²) < 4.78 is 24.7. The van der Waals surface area contributed by atoms with E-state index >= 15 is 0 Å². The lowest BCUT2D eigenvalue weighted by atomic mass is 10.0. The molecule has 0 saturated carbocycles. The lowest BCUT2D eigenvalue weighted by Crippen LogP contribution is -2.01. The van der Waals surface area contributed by atoms with E-state index in [0.717, 1.165) is 5.56 Å². The van der Waals surface area contributed by atoms with Gasteiger partial charge in [0.15, 0.2) is 11.5 Å². The molecule has 0 aliphatic rings. The van der Waals surface area contributed by atoms with E-state index in [1.165, 1.54) is 0 Å². The molecule has 0 heterocycles. The number of ether oxygens (including phenoxy) is 2. The summed E-state index contributed by atoms with van der Waals surface area (Å²) in [6.07, 6.45) is 0. The minimum absolute atomic E-state index is 0.245. The van der Waals surface area contributed by atoms with Gasteiger partial charge in [-0.1, -0.05) is 45.7 Å². The molecule has 0 radical (unpaired) electrons. The fourth-order valence-corrected chi connectivity index (χ4v) is 3.22. The normalized spacial score (nSPS) is 12.1. The largest absolute Gasteiger partial charge is 0.493 e. The number of hydrogen-bond acceptors (Lipinski definition) is 2. The van der Waals surface area contributed by atoms with Crippen molar-refractivity contribution in [2.75, 3.05) is 14.2 Å². The first-order valence-corrected chi connectivity index (χ1v) is 7.59. The molecule has 5 heteroatoms. The number of aryl methyl sites for hydroxylation is 1. The second-order valence-corrected chi connectivity index (χ2v) is 5.89. The Labute approximate surface area is 137 Å². The molecule has 2 aromatic carbocycles. The Morgan fingerprint density at radius 3 is 2.33 bits per heavy atom. The Morgan fingerprint density at radius 2 is 1.71 bits per heavy atom. The van der Waals surface area contributed by atoms with Gasteiger partial charge in [0.05, 0.1) is 19.0 Å². The maximum Gasteiger partial charge on any atom is 0.162 e. The standard InChI is InChI=1S/C16H15BrClFO2/c1-9-5-4-6-10(16(9)19)15(17)11-7-13(20-2)14(21-3)8-12(11)18/h4-8,15H,1-3H3. The van der Waals surface area contributed by atoms with Gasteiger partial charge < -0.3 is 9.47 Å². The van der Waals surface area contributed by atoms with Crippen molar-refractivity contribution < 1.29 is 13.9 Å². The van der Waals surface area contributed by atoms with Gasteiger partial charge in [-0.15, -0.1) is 0 Å². The van der Waals surface area contributed by atoms with Crippen LogP contribution in [0.3, 0.4) is 0 Å². The molecule has 0 fully saturated rings. The van der Waals surface area contributed by atoms with Crippen LogP contribution < -0.4 is 9.47 Å². The summed E-state index contributed by atoms with van der Waals surface area (Å²) in [5.41, 5.74) is 1.84. The molecule has 0 bridgehead atoms. The van der Waals surface area contributed by atoms with E-state index < -0.39 is 0 Å². The molecular weight excluding hydrogens is 359 g/mol. The Balaban J connectivity index is 2.53. The van der Waals surface area contributed by atoms with Crippen LogP contribution in [0.5, 0.6) is 11.5 Å². The smallest absolute Gasteiger partial charge is 0.162 e. The van der Waals surface area contributed by atoms with Crippen LogP contribution in [0.1, 0.15) is 21.5 Å². The Hall–Kier alpha value is -1.26. The van der Waals surface area contributed by atoms with Gasteiger partial charge in [-0.05, 0) is 24.1 Å². The fourth-order valence-electron chi connectivity index (χ4n) is 2.10. The number of benzene rings is 2. The molecular formula is C16H15BrClFO2. The summed E-state index contributed by atoms with van der Waals surface area (Å²) in [7, 11) is 3.09. The quantitative estimate of drug-likeness (QED) is 0.678. The SMILES string of the molecule is COc1cc(Cl)c(C(Br)c2cccc(C)c2F)cc1OC. The van der Waals surface area contributed by atoms with Crippen molar-refractivity contribution >= 4 is 27.5 Å². The van der Waals surface area contributed by atoms with Crippen molar-refractivity contribution in [3.63, 3.8) is 0 Å². The highest BCUT2D eigenvalue weighted by Crippen LogP contribution is 2.42. The van der Waals surface area contributed by atoms with Gasteiger partial charge in [0.1, 0.15) is 5.82 Å². The molecule has 0 saturated heterocycles. The predicted molar refractivity (Wildman–Crippen MR) is 86.5 cm³/mol. The third-order valence-corrected chi connectivity index (χ3v) is 4.58. The van der Waals surface area contributed by atoms with Crippen molar-refractivity contribution in [3.8, 4) is 11.5 Å². The lowest BCUT2D eigenvalue weighted by Gasteiger charge is -2.17.